The molecule has 0 spiro atoms. The second-order valence-electron chi connectivity index (χ2n) is 6.65. The number of thiophene rings is 1. The Kier molecular flexibility index (Phi) is 7.33. The van der Waals surface area contributed by atoms with E-state index in [1.54, 1.807) is 34.4 Å². The molecular formula is C21H23ClN4O2S2. The van der Waals surface area contributed by atoms with Crippen LogP contribution in [0.5, 0.6) is 0 Å². The lowest BCUT2D eigenvalue weighted by Crippen LogP contribution is -2.30. The Bertz CT molecular complexity index is 1100. The number of hydrogen-bond acceptors (Lipinski definition) is 6. The minimum Gasteiger partial charge on any atom is -0.339 e. The van der Waals surface area contributed by atoms with Crippen molar-refractivity contribution in [2.45, 2.75) is 32.7 Å². The van der Waals surface area contributed by atoms with Gasteiger partial charge >= 0.3 is 0 Å². The molecule has 0 saturated heterocycles. The third-order valence-corrected chi connectivity index (χ3v) is 7.22. The predicted molar refractivity (Wildman–Crippen MR) is 125 cm³/mol. The van der Waals surface area contributed by atoms with Gasteiger partial charge in [-0.05, 0) is 51.5 Å². The number of aromatic nitrogens is 2. The van der Waals surface area contributed by atoms with E-state index in [1.807, 2.05) is 20.8 Å². The van der Waals surface area contributed by atoms with Crippen LogP contribution in [0.15, 0.2) is 29.6 Å². The van der Waals surface area contributed by atoms with Crippen molar-refractivity contribution in [3.8, 4) is 0 Å². The summed E-state index contributed by atoms with van der Waals surface area (Å²) in [6.45, 7) is 9.17. The minimum atomic E-state index is -0.171. The number of nitrogens with one attached hydrogen (secondary N) is 1. The lowest BCUT2D eigenvalue weighted by atomic mass is 10.1. The molecule has 0 aliphatic rings. The summed E-state index contributed by atoms with van der Waals surface area (Å²) in [6.07, 6.45) is 1.53. The van der Waals surface area contributed by atoms with Crippen LogP contribution in [0.25, 0.3) is 10.2 Å². The molecule has 1 aromatic carbocycles. The average Bonchev–Trinajstić information content (AvgIpc) is 3.01. The Hall–Kier alpha value is -2.16. The number of carbonyl (C=O) groups is 2. The molecule has 3 aromatic rings. The van der Waals surface area contributed by atoms with Crippen LogP contribution >= 0.6 is 34.7 Å². The number of hydrogen-bond donors (Lipinski definition) is 1. The zero-order chi connectivity index (χ0) is 21.8. The molecule has 3 rings (SSSR count). The third-order valence-electron chi connectivity index (χ3n) is 4.80. The van der Waals surface area contributed by atoms with Gasteiger partial charge in [0.15, 0.2) is 0 Å². The summed E-state index contributed by atoms with van der Waals surface area (Å²) >= 11 is 9.31. The van der Waals surface area contributed by atoms with E-state index in [-0.39, 0.29) is 17.6 Å². The Balaban J connectivity index is 1.67. The first-order valence-corrected chi connectivity index (χ1v) is 11.8. The van der Waals surface area contributed by atoms with Crippen molar-refractivity contribution in [1.29, 1.82) is 0 Å². The molecule has 0 unspecified atom stereocenters. The van der Waals surface area contributed by atoms with Gasteiger partial charge in [0.2, 0.25) is 5.91 Å². The number of aryl methyl sites for hydroxylation is 2. The van der Waals surface area contributed by atoms with Gasteiger partial charge in [0.1, 0.15) is 16.2 Å². The van der Waals surface area contributed by atoms with E-state index in [9.17, 15) is 9.59 Å². The molecule has 0 aliphatic carbocycles. The summed E-state index contributed by atoms with van der Waals surface area (Å²) in [6, 6.07) is 4.95. The third kappa shape index (κ3) is 4.77. The second-order valence-corrected chi connectivity index (χ2v) is 9.23. The first-order chi connectivity index (χ1) is 14.3. The summed E-state index contributed by atoms with van der Waals surface area (Å²) < 4.78 is 0. The van der Waals surface area contributed by atoms with Crippen molar-refractivity contribution < 1.29 is 9.59 Å². The number of fused-ring (bicyclic) bond motifs is 1. The van der Waals surface area contributed by atoms with Gasteiger partial charge in [-0.1, -0.05) is 23.4 Å². The molecule has 0 radical (unpaired) electrons. The fraction of sp³-hybridized carbons (Fsp3) is 0.333. The highest BCUT2D eigenvalue weighted by atomic mass is 35.5. The van der Waals surface area contributed by atoms with E-state index in [2.05, 4.69) is 22.2 Å². The summed E-state index contributed by atoms with van der Waals surface area (Å²) in [4.78, 5) is 37.5. The van der Waals surface area contributed by atoms with Crippen molar-refractivity contribution in [3.63, 3.8) is 0 Å². The van der Waals surface area contributed by atoms with E-state index < -0.39 is 0 Å². The number of anilines is 1. The minimum absolute atomic E-state index is 0.118. The smallest absolute Gasteiger partial charge is 0.255 e. The predicted octanol–water partition coefficient (Wildman–Crippen LogP) is 5.17. The van der Waals surface area contributed by atoms with E-state index in [0.717, 1.165) is 20.8 Å². The van der Waals surface area contributed by atoms with Crippen LogP contribution in [0.2, 0.25) is 5.02 Å². The molecule has 2 heterocycles. The maximum absolute atomic E-state index is 12.5. The normalized spacial score (nSPS) is 11.0. The molecule has 2 amide bonds. The lowest BCUT2D eigenvalue weighted by molar-refractivity contribution is -0.113. The Morgan fingerprint density at radius 2 is 1.93 bits per heavy atom. The molecule has 0 saturated carbocycles. The number of carbonyl (C=O) groups excluding carboxylic acids is 2. The van der Waals surface area contributed by atoms with E-state index in [0.29, 0.717) is 29.4 Å². The number of rotatable bonds is 7. The molecule has 158 valence electrons. The van der Waals surface area contributed by atoms with Crippen LogP contribution in [-0.4, -0.2) is 45.5 Å². The zero-order valence-corrected chi connectivity index (χ0v) is 19.7. The van der Waals surface area contributed by atoms with Gasteiger partial charge < -0.3 is 10.2 Å². The number of thioether (sulfide) groups is 1. The van der Waals surface area contributed by atoms with Crippen LogP contribution in [0.3, 0.4) is 0 Å². The van der Waals surface area contributed by atoms with E-state index >= 15 is 0 Å². The zero-order valence-electron chi connectivity index (χ0n) is 17.3. The molecule has 2 aromatic heterocycles. The molecule has 1 N–H and O–H groups in total. The van der Waals surface area contributed by atoms with Gasteiger partial charge in [-0.15, -0.1) is 11.3 Å². The van der Waals surface area contributed by atoms with Crippen molar-refractivity contribution in [3.05, 3.63) is 45.6 Å². The highest BCUT2D eigenvalue weighted by Gasteiger charge is 2.17. The molecule has 0 aliphatic heterocycles. The molecule has 9 heteroatoms. The fourth-order valence-corrected chi connectivity index (χ4v) is 5.22. The topological polar surface area (TPSA) is 75.2 Å². The summed E-state index contributed by atoms with van der Waals surface area (Å²) in [7, 11) is 0. The van der Waals surface area contributed by atoms with Crippen molar-refractivity contribution in [2.24, 2.45) is 0 Å². The highest BCUT2D eigenvalue weighted by molar-refractivity contribution is 8.00. The number of halogens is 1. The molecule has 0 atom stereocenters. The van der Waals surface area contributed by atoms with Gasteiger partial charge in [0, 0.05) is 29.0 Å². The molecule has 0 fully saturated rings. The van der Waals surface area contributed by atoms with Crippen LogP contribution in [0.1, 0.15) is 34.6 Å². The maximum atomic E-state index is 12.5. The monoisotopic (exact) mass is 462 g/mol. The number of nitrogens with zero attached hydrogens (tertiary/aromatic N) is 3. The van der Waals surface area contributed by atoms with Crippen LogP contribution < -0.4 is 5.32 Å². The Labute approximate surface area is 189 Å². The Morgan fingerprint density at radius 1 is 1.20 bits per heavy atom. The highest BCUT2D eigenvalue weighted by Crippen LogP contribution is 2.34. The Morgan fingerprint density at radius 3 is 2.60 bits per heavy atom. The van der Waals surface area contributed by atoms with E-state index in [4.69, 9.17) is 11.6 Å². The van der Waals surface area contributed by atoms with Gasteiger partial charge in [-0.2, -0.15) is 0 Å². The first-order valence-electron chi connectivity index (χ1n) is 9.57. The quantitative estimate of drug-likeness (QED) is 0.387. The second kappa shape index (κ2) is 9.76. The molecule has 6 nitrogen and oxygen atoms in total. The first kappa shape index (κ1) is 22.5. The summed E-state index contributed by atoms with van der Waals surface area (Å²) in [5, 5.41) is 4.97. The lowest BCUT2D eigenvalue weighted by Gasteiger charge is -2.19. The molecule has 0 bridgehead atoms. The number of amides is 2. The molecule has 30 heavy (non-hydrogen) atoms. The maximum Gasteiger partial charge on any atom is 0.255 e. The van der Waals surface area contributed by atoms with Crippen LogP contribution in [0.4, 0.5) is 5.69 Å². The average molecular weight is 463 g/mol. The van der Waals surface area contributed by atoms with Crippen molar-refractivity contribution in [1.82, 2.24) is 14.9 Å². The SMILES string of the molecule is CCN(CC)C(=O)c1ccc(NC(=O)CSc2ncnc3sc(C)c(C)c23)cc1Cl. The van der Waals surface area contributed by atoms with Crippen LogP contribution in [-0.2, 0) is 4.79 Å². The van der Waals surface area contributed by atoms with Crippen LogP contribution in [0, 0.1) is 13.8 Å². The summed E-state index contributed by atoms with van der Waals surface area (Å²) in [5.74, 6) is -0.0824. The largest absolute Gasteiger partial charge is 0.339 e. The van der Waals surface area contributed by atoms with Gasteiger partial charge in [0.05, 0.1) is 16.3 Å². The molecular weight excluding hydrogens is 440 g/mol. The van der Waals surface area contributed by atoms with Gasteiger partial charge in [0.25, 0.3) is 5.91 Å². The number of benzene rings is 1. The van der Waals surface area contributed by atoms with Gasteiger partial charge in [-0.25, -0.2) is 9.97 Å². The standard InChI is InChI=1S/C21H23ClN4O2S2/c1-5-26(6-2)21(28)15-8-7-14(9-16(15)22)25-17(27)10-29-19-18-12(3)13(4)30-20(18)24-11-23-19/h7-9,11H,5-6,10H2,1-4H3,(H,25,27). The van der Waals surface area contributed by atoms with Crippen molar-refractivity contribution in [2.75, 3.05) is 24.2 Å². The fourth-order valence-electron chi connectivity index (χ4n) is 3.04. The van der Waals surface area contributed by atoms with Gasteiger partial charge in [-0.3, -0.25) is 9.59 Å². The van der Waals surface area contributed by atoms with Crippen molar-refractivity contribution >= 4 is 62.4 Å². The summed E-state index contributed by atoms with van der Waals surface area (Å²) in [5.41, 5.74) is 2.13. The van der Waals surface area contributed by atoms with E-state index in [1.165, 1.54) is 23.0 Å².